The Balaban J connectivity index is 1.47. The number of anilines is 2. The van der Waals surface area contributed by atoms with Crippen molar-refractivity contribution < 1.29 is 23.7 Å². The van der Waals surface area contributed by atoms with Crippen molar-refractivity contribution in [2.75, 3.05) is 56.8 Å². The molecule has 0 unspecified atom stereocenters. The average molecular weight is 384 g/mol. The molecule has 1 N–H and O–H groups in total. The molecule has 0 bridgehead atoms. The number of amides is 1. The Morgan fingerprint density at radius 1 is 1.04 bits per heavy atom. The minimum absolute atomic E-state index is 0.117. The quantitative estimate of drug-likeness (QED) is 0.854. The van der Waals surface area contributed by atoms with E-state index in [1.54, 1.807) is 7.11 Å². The number of rotatable bonds is 5. The molecule has 7 nitrogen and oxygen atoms in total. The molecule has 0 atom stereocenters. The van der Waals surface area contributed by atoms with Gasteiger partial charge in [0.05, 0.1) is 32.4 Å². The molecule has 2 aliphatic heterocycles. The molecule has 2 heterocycles. The van der Waals surface area contributed by atoms with Gasteiger partial charge in [0.25, 0.3) is 0 Å². The molecule has 0 aliphatic carbocycles. The van der Waals surface area contributed by atoms with E-state index in [0.717, 1.165) is 30.1 Å². The lowest BCUT2D eigenvalue weighted by atomic mass is 10.1. The fraction of sp³-hybridized carbons (Fsp3) is 0.381. The molecule has 0 radical (unpaired) electrons. The van der Waals surface area contributed by atoms with E-state index in [-0.39, 0.29) is 12.3 Å². The van der Waals surface area contributed by atoms with E-state index < -0.39 is 0 Å². The third-order valence-corrected chi connectivity index (χ3v) is 4.80. The zero-order valence-electron chi connectivity index (χ0n) is 15.9. The van der Waals surface area contributed by atoms with Gasteiger partial charge in [0.2, 0.25) is 5.91 Å². The van der Waals surface area contributed by atoms with E-state index in [0.29, 0.717) is 43.6 Å². The highest BCUT2D eigenvalue weighted by Crippen LogP contribution is 2.32. The second-order valence-electron chi connectivity index (χ2n) is 6.69. The molecule has 0 aromatic heterocycles. The van der Waals surface area contributed by atoms with Crippen molar-refractivity contribution in [3.05, 3.63) is 42.0 Å². The summed E-state index contributed by atoms with van der Waals surface area (Å²) in [6, 6.07) is 11.4. The molecular formula is C21H24N2O5. The minimum Gasteiger partial charge on any atom is -0.495 e. The molecule has 7 heteroatoms. The van der Waals surface area contributed by atoms with Crippen LogP contribution in [0.15, 0.2) is 36.4 Å². The predicted molar refractivity (Wildman–Crippen MR) is 106 cm³/mol. The van der Waals surface area contributed by atoms with Crippen molar-refractivity contribution in [3.8, 4) is 17.2 Å². The second kappa shape index (κ2) is 8.39. The SMILES string of the molecule is COc1ccc(N2CCOCC2)cc1NC(=O)Cc1ccc2c(c1)OCCO2. The maximum absolute atomic E-state index is 12.6. The lowest BCUT2D eigenvalue weighted by Crippen LogP contribution is -2.36. The Kier molecular flexibility index (Phi) is 5.53. The van der Waals surface area contributed by atoms with Gasteiger partial charge in [-0.2, -0.15) is 0 Å². The predicted octanol–water partition coefficient (Wildman–Crippen LogP) is 2.48. The van der Waals surface area contributed by atoms with Crippen LogP contribution in [0, 0.1) is 0 Å². The molecule has 1 fully saturated rings. The second-order valence-corrected chi connectivity index (χ2v) is 6.69. The van der Waals surface area contributed by atoms with Crippen molar-refractivity contribution in [2.24, 2.45) is 0 Å². The Bertz CT molecular complexity index is 849. The normalized spacial score (nSPS) is 15.8. The van der Waals surface area contributed by atoms with Gasteiger partial charge in [-0.05, 0) is 35.9 Å². The van der Waals surface area contributed by atoms with Crippen LogP contribution in [0.3, 0.4) is 0 Å². The summed E-state index contributed by atoms with van der Waals surface area (Å²) in [7, 11) is 1.60. The molecule has 2 aromatic rings. The fourth-order valence-electron chi connectivity index (χ4n) is 3.39. The first-order valence-electron chi connectivity index (χ1n) is 9.42. The van der Waals surface area contributed by atoms with E-state index in [1.807, 2.05) is 36.4 Å². The third kappa shape index (κ3) is 4.14. The van der Waals surface area contributed by atoms with Gasteiger partial charge in [0.15, 0.2) is 11.5 Å². The van der Waals surface area contributed by atoms with Gasteiger partial charge in [0, 0.05) is 18.8 Å². The number of fused-ring (bicyclic) bond motifs is 1. The summed E-state index contributed by atoms with van der Waals surface area (Å²) < 4.78 is 21.9. The summed E-state index contributed by atoms with van der Waals surface area (Å²) >= 11 is 0. The third-order valence-electron chi connectivity index (χ3n) is 4.80. The van der Waals surface area contributed by atoms with Gasteiger partial charge >= 0.3 is 0 Å². The highest BCUT2D eigenvalue weighted by Gasteiger charge is 2.16. The summed E-state index contributed by atoms with van der Waals surface area (Å²) in [4.78, 5) is 14.9. The van der Waals surface area contributed by atoms with Gasteiger partial charge in [-0.3, -0.25) is 4.79 Å². The van der Waals surface area contributed by atoms with Crippen LogP contribution in [0.2, 0.25) is 0 Å². The Labute approximate surface area is 164 Å². The maximum Gasteiger partial charge on any atom is 0.228 e. The van der Waals surface area contributed by atoms with Crippen LogP contribution >= 0.6 is 0 Å². The van der Waals surface area contributed by atoms with Crippen LogP contribution in [0.4, 0.5) is 11.4 Å². The lowest BCUT2D eigenvalue weighted by molar-refractivity contribution is -0.115. The van der Waals surface area contributed by atoms with Crippen molar-refractivity contribution >= 4 is 17.3 Å². The largest absolute Gasteiger partial charge is 0.495 e. The number of methoxy groups -OCH3 is 1. The van der Waals surface area contributed by atoms with E-state index in [2.05, 4.69) is 10.2 Å². The Morgan fingerprint density at radius 3 is 2.61 bits per heavy atom. The number of ether oxygens (including phenoxy) is 4. The fourth-order valence-corrected chi connectivity index (χ4v) is 3.39. The van der Waals surface area contributed by atoms with E-state index in [1.165, 1.54) is 0 Å². The molecule has 148 valence electrons. The van der Waals surface area contributed by atoms with Crippen LogP contribution in [0.5, 0.6) is 17.2 Å². The summed E-state index contributed by atoms with van der Waals surface area (Å²) in [6.45, 7) is 4.14. The monoisotopic (exact) mass is 384 g/mol. The van der Waals surface area contributed by atoms with E-state index >= 15 is 0 Å². The summed E-state index contributed by atoms with van der Waals surface area (Å²) in [5, 5.41) is 2.98. The van der Waals surface area contributed by atoms with Crippen LogP contribution in [0.25, 0.3) is 0 Å². The number of carbonyl (C=O) groups is 1. The zero-order valence-corrected chi connectivity index (χ0v) is 15.9. The standard InChI is InChI=1S/C21H24N2O5/c1-25-18-5-3-16(23-6-8-26-9-7-23)14-17(18)22-21(24)13-15-2-4-19-20(12-15)28-11-10-27-19/h2-5,12,14H,6-11,13H2,1H3,(H,22,24). The van der Waals surface area contributed by atoms with Crippen LogP contribution in [-0.2, 0) is 16.0 Å². The molecular weight excluding hydrogens is 360 g/mol. The van der Waals surface area contributed by atoms with Gasteiger partial charge < -0.3 is 29.2 Å². The van der Waals surface area contributed by atoms with Gasteiger partial charge in [0.1, 0.15) is 19.0 Å². The molecule has 1 saturated heterocycles. The first-order chi connectivity index (χ1) is 13.7. The lowest BCUT2D eigenvalue weighted by Gasteiger charge is -2.29. The van der Waals surface area contributed by atoms with E-state index in [4.69, 9.17) is 18.9 Å². The highest BCUT2D eigenvalue weighted by atomic mass is 16.6. The maximum atomic E-state index is 12.6. The summed E-state index contributed by atoms with van der Waals surface area (Å²) in [6.07, 6.45) is 0.238. The van der Waals surface area contributed by atoms with E-state index in [9.17, 15) is 4.79 Å². The molecule has 1 amide bonds. The number of morpholine rings is 1. The molecule has 2 aromatic carbocycles. The first kappa shape index (κ1) is 18.4. The van der Waals surface area contributed by atoms with Crippen molar-refractivity contribution in [2.45, 2.75) is 6.42 Å². The molecule has 0 saturated carbocycles. The summed E-state index contributed by atoms with van der Waals surface area (Å²) in [5.74, 6) is 1.92. The smallest absolute Gasteiger partial charge is 0.228 e. The van der Waals surface area contributed by atoms with Crippen LogP contribution < -0.4 is 24.4 Å². The van der Waals surface area contributed by atoms with Gasteiger partial charge in [-0.1, -0.05) is 6.07 Å². The van der Waals surface area contributed by atoms with Crippen LogP contribution in [-0.4, -0.2) is 52.5 Å². The molecule has 28 heavy (non-hydrogen) atoms. The number of hydrogen-bond acceptors (Lipinski definition) is 6. The van der Waals surface area contributed by atoms with Crippen molar-refractivity contribution in [1.29, 1.82) is 0 Å². The highest BCUT2D eigenvalue weighted by molar-refractivity contribution is 5.94. The minimum atomic E-state index is -0.117. The number of hydrogen-bond donors (Lipinski definition) is 1. The average Bonchev–Trinajstić information content (AvgIpc) is 2.74. The molecule has 0 spiro atoms. The molecule has 2 aliphatic rings. The number of nitrogens with zero attached hydrogens (tertiary/aromatic N) is 1. The number of carbonyl (C=O) groups excluding carboxylic acids is 1. The number of nitrogens with one attached hydrogen (secondary N) is 1. The van der Waals surface area contributed by atoms with Crippen molar-refractivity contribution in [3.63, 3.8) is 0 Å². The zero-order chi connectivity index (χ0) is 19.3. The van der Waals surface area contributed by atoms with Crippen LogP contribution in [0.1, 0.15) is 5.56 Å². The van der Waals surface area contributed by atoms with Gasteiger partial charge in [-0.25, -0.2) is 0 Å². The topological polar surface area (TPSA) is 69.3 Å². The molecule has 4 rings (SSSR count). The summed E-state index contributed by atoms with van der Waals surface area (Å²) in [5.41, 5.74) is 2.57. The van der Waals surface area contributed by atoms with Crippen molar-refractivity contribution in [1.82, 2.24) is 0 Å². The Hall–Kier alpha value is -2.93. The number of benzene rings is 2. The first-order valence-corrected chi connectivity index (χ1v) is 9.42. The Morgan fingerprint density at radius 2 is 1.82 bits per heavy atom. The van der Waals surface area contributed by atoms with Gasteiger partial charge in [-0.15, -0.1) is 0 Å².